The molecule has 2 fully saturated rings. The predicted octanol–water partition coefficient (Wildman–Crippen LogP) is 0.706. The average Bonchev–Trinajstić information content (AvgIpc) is 3.26. The third kappa shape index (κ3) is 1.91. The molecule has 6 nitrogen and oxygen atoms in total. The zero-order valence-corrected chi connectivity index (χ0v) is 10.6. The van der Waals surface area contributed by atoms with Gasteiger partial charge in [0.1, 0.15) is 5.65 Å². The molecule has 2 aromatic rings. The molecule has 2 saturated carbocycles. The summed E-state index contributed by atoms with van der Waals surface area (Å²) < 4.78 is 3.68. The summed E-state index contributed by atoms with van der Waals surface area (Å²) in [7, 11) is 0. The van der Waals surface area contributed by atoms with Gasteiger partial charge in [0.05, 0.1) is 6.33 Å². The lowest BCUT2D eigenvalue weighted by Crippen LogP contribution is -2.31. The molecule has 0 radical (unpaired) electrons. The monoisotopic (exact) mass is 260 g/mol. The highest BCUT2D eigenvalue weighted by atomic mass is 16.2. The van der Waals surface area contributed by atoms with Gasteiger partial charge in [-0.1, -0.05) is 0 Å². The van der Waals surface area contributed by atoms with Crippen molar-refractivity contribution < 1.29 is 0 Å². The van der Waals surface area contributed by atoms with Crippen LogP contribution in [-0.4, -0.2) is 19.1 Å². The lowest BCUT2D eigenvalue weighted by atomic mass is 10.4. The Bertz CT molecular complexity index is 746. The minimum Gasteiger partial charge on any atom is -0.316 e. The molecule has 19 heavy (non-hydrogen) atoms. The largest absolute Gasteiger partial charge is 0.330 e. The van der Waals surface area contributed by atoms with Crippen molar-refractivity contribution in [2.24, 2.45) is 11.8 Å². The normalized spacial score (nSPS) is 19.2. The first-order valence-corrected chi connectivity index (χ1v) is 6.90. The summed E-state index contributed by atoms with van der Waals surface area (Å²) in [6.07, 6.45) is 6.50. The summed E-state index contributed by atoms with van der Waals surface area (Å²) in [6, 6.07) is 0. The van der Waals surface area contributed by atoms with E-state index in [1.165, 1.54) is 25.7 Å². The maximum absolute atomic E-state index is 12.0. The SMILES string of the molecule is O=c1[nH]c(=O)n(CC2CC2)c2c1ncn2CC1CC1. The molecule has 0 bridgehead atoms. The van der Waals surface area contributed by atoms with Crippen molar-refractivity contribution in [2.75, 3.05) is 0 Å². The van der Waals surface area contributed by atoms with Gasteiger partial charge < -0.3 is 4.57 Å². The maximum atomic E-state index is 12.0. The smallest absolute Gasteiger partial charge is 0.316 e. The van der Waals surface area contributed by atoms with E-state index >= 15 is 0 Å². The van der Waals surface area contributed by atoms with Gasteiger partial charge in [-0.2, -0.15) is 0 Å². The zero-order valence-electron chi connectivity index (χ0n) is 10.6. The molecule has 0 spiro atoms. The first-order valence-electron chi connectivity index (χ1n) is 6.90. The Morgan fingerprint density at radius 1 is 1.16 bits per heavy atom. The average molecular weight is 260 g/mol. The van der Waals surface area contributed by atoms with Crippen molar-refractivity contribution in [3.63, 3.8) is 0 Å². The van der Waals surface area contributed by atoms with Crippen molar-refractivity contribution in [1.29, 1.82) is 0 Å². The van der Waals surface area contributed by atoms with E-state index in [0.717, 1.165) is 6.54 Å². The molecule has 0 saturated heterocycles. The molecule has 6 heteroatoms. The van der Waals surface area contributed by atoms with Crippen LogP contribution in [0.3, 0.4) is 0 Å². The fraction of sp³-hybridized carbons (Fsp3) is 0.615. The van der Waals surface area contributed by atoms with Gasteiger partial charge in [-0.3, -0.25) is 14.3 Å². The van der Waals surface area contributed by atoms with Crippen molar-refractivity contribution in [3.8, 4) is 0 Å². The van der Waals surface area contributed by atoms with Crippen LogP contribution in [0.1, 0.15) is 25.7 Å². The molecule has 0 amide bonds. The minimum absolute atomic E-state index is 0.304. The van der Waals surface area contributed by atoms with Gasteiger partial charge in [-0.15, -0.1) is 0 Å². The molecule has 0 atom stereocenters. The van der Waals surface area contributed by atoms with Crippen LogP contribution in [0.15, 0.2) is 15.9 Å². The van der Waals surface area contributed by atoms with Crippen LogP contribution < -0.4 is 11.2 Å². The Labute approximate surface area is 109 Å². The van der Waals surface area contributed by atoms with E-state index in [1.807, 2.05) is 4.57 Å². The van der Waals surface area contributed by atoms with Crippen LogP contribution in [0.25, 0.3) is 11.2 Å². The van der Waals surface area contributed by atoms with E-state index < -0.39 is 0 Å². The van der Waals surface area contributed by atoms with E-state index in [9.17, 15) is 9.59 Å². The van der Waals surface area contributed by atoms with Gasteiger partial charge in [0.15, 0.2) is 5.52 Å². The molecule has 2 aromatic heterocycles. The molecule has 2 heterocycles. The second kappa shape index (κ2) is 3.82. The van der Waals surface area contributed by atoms with Crippen LogP contribution >= 0.6 is 0 Å². The number of nitrogens with zero attached hydrogens (tertiary/aromatic N) is 3. The van der Waals surface area contributed by atoms with Gasteiger partial charge >= 0.3 is 5.69 Å². The van der Waals surface area contributed by atoms with E-state index in [-0.39, 0.29) is 11.2 Å². The van der Waals surface area contributed by atoms with Gasteiger partial charge in [-0.25, -0.2) is 9.78 Å². The summed E-state index contributed by atoms with van der Waals surface area (Å²) in [5, 5.41) is 0. The molecule has 4 rings (SSSR count). The first kappa shape index (κ1) is 11.0. The fourth-order valence-electron chi connectivity index (χ4n) is 2.58. The van der Waals surface area contributed by atoms with Gasteiger partial charge in [0.2, 0.25) is 0 Å². The zero-order chi connectivity index (χ0) is 13.0. The number of hydrogen-bond acceptors (Lipinski definition) is 3. The second-order valence-corrected chi connectivity index (χ2v) is 5.83. The highest BCUT2D eigenvalue weighted by molar-refractivity contribution is 5.69. The Morgan fingerprint density at radius 3 is 2.53 bits per heavy atom. The number of H-pyrrole nitrogens is 1. The van der Waals surface area contributed by atoms with Crippen LogP contribution in [-0.2, 0) is 13.1 Å². The lowest BCUT2D eigenvalue weighted by Gasteiger charge is -2.09. The third-order valence-electron chi connectivity index (χ3n) is 4.04. The van der Waals surface area contributed by atoms with Crippen molar-refractivity contribution in [2.45, 2.75) is 38.8 Å². The van der Waals surface area contributed by atoms with Crippen LogP contribution in [0, 0.1) is 11.8 Å². The predicted molar refractivity (Wildman–Crippen MR) is 70.1 cm³/mol. The Hall–Kier alpha value is -1.85. The standard InChI is InChI=1S/C13H16N4O2/c18-11-10-12(16(7-14-10)5-8-1-2-8)17(13(19)15-11)6-9-3-4-9/h7-9H,1-6H2,(H,15,18,19). The van der Waals surface area contributed by atoms with E-state index in [1.54, 1.807) is 10.9 Å². The van der Waals surface area contributed by atoms with Crippen LogP contribution in [0.4, 0.5) is 0 Å². The van der Waals surface area contributed by atoms with Crippen molar-refractivity contribution >= 4 is 11.2 Å². The van der Waals surface area contributed by atoms with Gasteiger partial charge in [0.25, 0.3) is 5.56 Å². The quantitative estimate of drug-likeness (QED) is 0.879. The summed E-state index contributed by atoms with van der Waals surface area (Å²) >= 11 is 0. The van der Waals surface area contributed by atoms with Gasteiger partial charge in [0, 0.05) is 13.1 Å². The molecule has 2 aliphatic rings. The highest BCUT2D eigenvalue weighted by Gasteiger charge is 2.26. The third-order valence-corrected chi connectivity index (χ3v) is 4.04. The molecular weight excluding hydrogens is 244 g/mol. The van der Waals surface area contributed by atoms with Gasteiger partial charge in [-0.05, 0) is 37.5 Å². The van der Waals surface area contributed by atoms with Crippen molar-refractivity contribution in [3.05, 3.63) is 27.2 Å². The number of fused-ring (bicyclic) bond motifs is 1. The Kier molecular flexibility index (Phi) is 2.22. The number of nitrogens with one attached hydrogen (secondary N) is 1. The fourth-order valence-corrected chi connectivity index (χ4v) is 2.58. The molecule has 0 aliphatic heterocycles. The van der Waals surface area contributed by atoms with E-state index in [2.05, 4.69) is 9.97 Å². The number of imidazole rings is 1. The molecule has 0 unspecified atom stereocenters. The minimum atomic E-state index is -0.374. The van der Waals surface area contributed by atoms with Crippen molar-refractivity contribution in [1.82, 2.24) is 19.1 Å². The Balaban J connectivity index is 1.91. The van der Waals surface area contributed by atoms with Crippen LogP contribution in [0.2, 0.25) is 0 Å². The second-order valence-electron chi connectivity index (χ2n) is 5.83. The number of hydrogen-bond donors (Lipinski definition) is 1. The Morgan fingerprint density at radius 2 is 1.84 bits per heavy atom. The topological polar surface area (TPSA) is 72.7 Å². The molecule has 0 aromatic carbocycles. The molecule has 2 aliphatic carbocycles. The number of aromatic amines is 1. The summed E-state index contributed by atoms with van der Waals surface area (Å²) in [6.45, 7) is 1.56. The number of rotatable bonds is 4. The summed E-state index contributed by atoms with van der Waals surface area (Å²) in [5.74, 6) is 1.26. The number of aromatic nitrogens is 4. The highest BCUT2D eigenvalue weighted by Crippen LogP contribution is 2.32. The van der Waals surface area contributed by atoms with E-state index in [0.29, 0.717) is 29.5 Å². The maximum Gasteiger partial charge on any atom is 0.330 e. The van der Waals surface area contributed by atoms with E-state index in [4.69, 9.17) is 0 Å². The summed E-state index contributed by atoms with van der Waals surface area (Å²) in [4.78, 5) is 30.4. The van der Waals surface area contributed by atoms with Crippen LogP contribution in [0.5, 0.6) is 0 Å². The molecule has 100 valence electrons. The molecule has 1 N–H and O–H groups in total. The lowest BCUT2D eigenvalue weighted by molar-refractivity contribution is 0.573. The first-order chi connectivity index (χ1) is 9.22. The molecular formula is C13H16N4O2. The summed E-state index contributed by atoms with van der Waals surface area (Å²) in [5.41, 5.74) is 0.414.